The van der Waals surface area contributed by atoms with Crippen molar-refractivity contribution in [3.63, 3.8) is 0 Å². The summed E-state index contributed by atoms with van der Waals surface area (Å²) >= 11 is 4.83. The van der Waals surface area contributed by atoms with E-state index in [2.05, 4.69) is 15.9 Å². The predicted molar refractivity (Wildman–Crippen MR) is 57.3 cm³/mol. The van der Waals surface area contributed by atoms with E-state index in [0.29, 0.717) is 5.56 Å². The molecule has 0 N–H and O–H groups in total. The molecule has 0 atom stereocenters. The maximum absolute atomic E-state index is 10.6. The molecule has 0 aliphatic rings. The SMILES string of the molecule is CSc1cc([N+](=O)[O-])c(C)cc1Br. The van der Waals surface area contributed by atoms with Crippen molar-refractivity contribution >= 4 is 33.4 Å². The smallest absolute Gasteiger partial charge is 0.258 e. The Labute approximate surface area is 88.8 Å². The van der Waals surface area contributed by atoms with Crippen LogP contribution < -0.4 is 0 Å². The molecule has 0 amide bonds. The Morgan fingerprint density at radius 3 is 2.62 bits per heavy atom. The van der Waals surface area contributed by atoms with Crippen LogP contribution in [0.15, 0.2) is 21.5 Å². The van der Waals surface area contributed by atoms with E-state index >= 15 is 0 Å². The highest BCUT2D eigenvalue weighted by atomic mass is 79.9. The molecule has 0 aliphatic heterocycles. The maximum Gasteiger partial charge on any atom is 0.273 e. The van der Waals surface area contributed by atoms with Crippen molar-refractivity contribution in [3.05, 3.63) is 32.3 Å². The van der Waals surface area contributed by atoms with Crippen molar-refractivity contribution in [3.8, 4) is 0 Å². The highest BCUT2D eigenvalue weighted by molar-refractivity contribution is 9.10. The third-order valence-electron chi connectivity index (χ3n) is 1.67. The minimum absolute atomic E-state index is 0.174. The topological polar surface area (TPSA) is 43.1 Å². The molecule has 0 heterocycles. The molecular formula is C8H8BrNO2S. The monoisotopic (exact) mass is 261 g/mol. The second kappa shape index (κ2) is 4.11. The molecular weight excluding hydrogens is 254 g/mol. The van der Waals surface area contributed by atoms with E-state index in [9.17, 15) is 10.1 Å². The van der Waals surface area contributed by atoms with Crippen LogP contribution in [-0.2, 0) is 0 Å². The van der Waals surface area contributed by atoms with Gasteiger partial charge in [0, 0.05) is 21.0 Å². The van der Waals surface area contributed by atoms with Crippen LogP contribution in [-0.4, -0.2) is 11.2 Å². The van der Waals surface area contributed by atoms with Crippen LogP contribution >= 0.6 is 27.7 Å². The molecule has 0 fully saturated rings. The fourth-order valence-corrected chi connectivity index (χ4v) is 2.42. The van der Waals surface area contributed by atoms with Gasteiger partial charge in [0.05, 0.1) is 4.92 Å². The van der Waals surface area contributed by atoms with Crippen molar-refractivity contribution in [2.45, 2.75) is 11.8 Å². The first-order chi connectivity index (χ1) is 6.06. The second-order valence-electron chi connectivity index (χ2n) is 2.53. The van der Waals surface area contributed by atoms with Gasteiger partial charge in [0.1, 0.15) is 0 Å². The molecule has 3 nitrogen and oxygen atoms in total. The number of hydrogen-bond acceptors (Lipinski definition) is 3. The van der Waals surface area contributed by atoms with E-state index < -0.39 is 0 Å². The van der Waals surface area contributed by atoms with Gasteiger partial charge < -0.3 is 0 Å². The summed E-state index contributed by atoms with van der Waals surface area (Å²) in [5.74, 6) is 0. The Balaban J connectivity index is 3.30. The average molecular weight is 262 g/mol. The molecule has 0 unspecified atom stereocenters. The third kappa shape index (κ3) is 2.22. The van der Waals surface area contributed by atoms with Gasteiger partial charge in [-0.25, -0.2) is 0 Å². The van der Waals surface area contributed by atoms with E-state index in [1.807, 2.05) is 6.26 Å². The molecule has 0 saturated carbocycles. The number of hydrogen-bond donors (Lipinski definition) is 0. The van der Waals surface area contributed by atoms with Gasteiger partial charge in [-0.05, 0) is 35.2 Å². The van der Waals surface area contributed by atoms with Gasteiger partial charge in [-0.3, -0.25) is 10.1 Å². The van der Waals surface area contributed by atoms with Crippen molar-refractivity contribution in [2.75, 3.05) is 6.26 Å². The second-order valence-corrected chi connectivity index (χ2v) is 4.23. The summed E-state index contributed by atoms with van der Waals surface area (Å²) in [6, 6.07) is 3.36. The van der Waals surface area contributed by atoms with Crippen LogP contribution in [0.4, 0.5) is 5.69 Å². The van der Waals surface area contributed by atoms with Crippen LogP contribution in [0.3, 0.4) is 0 Å². The van der Waals surface area contributed by atoms with Crippen molar-refractivity contribution < 1.29 is 4.92 Å². The molecule has 0 radical (unpaired) electrons. The summed E-state index contributed by atoms with van der Waals surface area (Å²) in [7, 11) is 0. The van der Waals surface area contributed by atoms with Gasteiger partial charge in [0.15, 0.2) is 0 Å². The molecule has 0 saturated heterocycles. The number of thioether (sulfide) groups is 1. The number of aryl methyl sites for hydroxylation is 1. The summed E-state index contributed by atoms with van der Waals surface area (Å²) in [6.07, 6.45) is 1.89. The lowest BCUT2D eigenvalue weighted by Gasteiger charge is -2.02. The van der Waals surface area contributed by atoms with Gasteiger partial charge in [0.2, 0.25) is 0 Å². The van der Waals surface area contributed by atoms with E-state index in [0.717, 1.165) is 9.37 Å². The maximum atomic E-state index is 10.6. The summed E-state index contributed by atoms with van der Waals surface area (Å²) in [6.45, 7) is 1.73. The largest absolute Gasteiger partial charge is 0.273 e. The first-order valence-electron chi connectivity index (χ1n) is 3.54. The molecule has 5 heteroatoms. The third-order valence-corrected chi connectivity index (χ3v) is 3.36. The molecule has 0 aromatic heterocycles. The number of benzene rings is 1. The fourth-order valence-electron chi connectivity index (χ4n) is 0.995. The number of halogens is 1. The van der Waals surface area contributed by atoms with E-state index in [4.69, 9.17) is 0 Å². The zero-order valence-corrected chi connectivity index (χ0v) is 9.61. The lowest BCUT2D eigenvalue weighted by Crippen LogP contribution is -1.92. The van der Waals surface area contributed by atoms with Crippen LogP contribution in [0.5, 0.6) is 0 Å². The zero-order valence-electron chi connectivity index (χ0n) is 7.20. The van der Waals surface area contributed by atoms with Gasteiger partial charge >= 0.3 is 0 Å². The normalized spacial score (nSPS) is 10.1. The van der Waals surface area contributed by atoms with Gasteiger partial charge in [0.25, 0.3) is 5.69 Å². The van der Waals surface area contributed by atoms with Crippen molar-refractivity contribution in [2.24, 2.45) is 0 Å². The first kappa shape index (κ1) is 10.5. The number of nitro benzene ring substituents is 1. The predicted octanol–water partition coefficient (Wildman–Crippen LogP) is 3.39. The molecule has 1 aromatic rings. The molecule has 70 valence electrons. The lowest BCUT2D eigenvalue weighted by molar-refractivity contribution is -0.385. The van der Waals surface area contributed by atoms with Crippen LogP contribution in [0.1, 0.15) is 5.56 Å². The Bertz CT molecular complexity index is 354. The van der Waals surface area contributed by atoms with E-state index in [1.165, 1.54) is 11.8 Å². The molecule has 1 rings (SSSR count). The Morgan fingerprint density at radius 2 is 2.15 bits per heavy atom. The highest BCUT2D eigenvalue weighted by Gasteiger charge is 2.13. The number of nitrogens with zero attached hydrogens (tertiary/aromatic N) is 1. The summed E-state index contributed by atoms with van der Waals surface area (Å²) in [5, 5.41) is 10.6. The molecule has 1 aromatic carbocycles. The van der Waals surface area contributed by atoms with Crippen LogP contribution in [0.2, 0.25) is 0 Å². The van der Waals surface area contributed by atoms with Crippen molar-refractivity contribution in [1.29, 1.82) is 0 Å². The Kier molecular flexibility index (Phi) is 3.33. The minimum atomic E-state index is -0.360. The number of nitro groups is 1. The van der Waals surface area contributed by atoms with E-state index in [1.54, 1.807) is 19.1 Å². The molecule has 0 spiro atoms. The summed E-state index contributed by atoms with van der Waals surface area (Å²) < 4.78 is 0.906. The van der Waals surface area contributed by atoms with Crippen molar-refractivity contribution in [1.82, 2.24) is 0 Å². The fraction of sp³-hybridized carbons (Fsp3) is 0.250. The molecule has 0 aliphatic carbocycles. The summed E-state index contributed by atoms with van der Waals surface area (Å²) in [5.41, 5.74) is 0.849. The lowest BCUT2D eigenvalue weighted by atomic mass is 10.2. The van der Waals surface area contributed by atoms with Gasteiger partial charge in [-0.2, -0.15) is 0 Å². The van der Waals surface area contributed by atoms with Gasteiger partial charge in [-0.15, -0.1) is 11.8 Å². The van der Waals surface area contributed by atoms with Crippen LogP contribution in [0, 0.1) is 17.0 Å². The minimum Gasteiger partial charge on any atom is -0.258 e. The van der Waals surface area contributed by atoms with E-state index in [-0.39, 0.29) is 10.6 Å². The quantitative estimate of drug-likeness (QED) is 0.466. The zero-order chi connectivity index (χ0) is 10.0. The van der Waals surface area contributed by atoms with Gasteiger partial charge in [-0.1, -0.05) is 0 Å². The Hall–Kier alpha value is -0.550. The summed E-state index contributed by atoms with van der Waals surface area (Å²) in [4.78, 5) is 11.1. The average Bonchev–Trinajstić information content (AvgIpc) is 2.03. The highest BCUT2D eigenvalue weighted by Crippen LogP contribution is 2.32. The first-order valence-corrected chi connectivity index (χ1v) is 5.56. The number of rotatable bonds is 2. The molecule has 13 heavy (non-hydrogen) atoms. The molecule has 0 bridgehead atoms. The Morgan fingerprint density at radius 1 is 1.54 bits per heavy atom. The van der Waals surface area contributed by atoms with Crippen LogP contribution in [0.25, 0.3) is 0 Å². The standard InChI is InChI=1S/C8H8BrNO2S/c1-5-3-6(9)8(13-2)4-7(5)10(11)12/h3-4H,1-2H3.